The fourth-order valence-electron chi connectivity index (χ4n) is 3.24. The van der Waals surface area contributed by atoms with Crippen molar-refractivity contribution >= 4 is 5.78 Å². The zero-order valence-electron chi connectivity index (χ0n) is 14.7. The van der Waals surface area contributed by atoms with Gasteiger partial charge >= 0.3 is 0 Å². The molecule has 0 bridgehead atoms. The first-order valence-corrected chi connectivity index (χ1v) is 9.04. The molecule has 0 aliphatic carbocycles. The summed E-state index contributed by atoms with van der Waals surface area (Å²) in [4.78, 5) is 14.5. The maximum Gasteiger partial charge on any atom is 0.224 e. The van der Waals surface area contributed by atoms with E-state index in [1.165, 1.54) is 4.90 Å². The fraction of sp³-hybridized carbons (Fsp3) is 0.381. The van der Waals surface area contributed by atoms with E-state index in [4.69, 9.17) is 9.47 Å². The molecule has 0 unspecified atom stereocenters. The van der Waals surface area contributed by atoms with Crippen LogP contribution in [-0.4, -0.2) is 38.7 Å². The van der Waals surface area contributed by atoms with Crippen molar-refractivity contribution < 1.29 is 19.2 Å². The molecule has 4 heteroatoms. The largest absolute Gasteiger partial charge is 0.494 e. The van der Waals surface area contributed by atoms with Gasteiger partial charge < -0.3 is 14.4 Å². The normalized spacial score (nSPS) is 16.4. The topological polar surface area (TPSA) is 40.0 Å². The number of hydrogen-bond acceptors (Lipinski definition) is 3. The fourth-order valence-corrected chi connectivity index (χ4v) is 3.24. The van der Waals surface area contributed by atoms with E-state index in [1.54, 1.807) is 0 Å². The Morgan fingerprint density at radius 1 is 1.08 bits per heavy atom. The maximum absolute atomic E-state index is 13.3. The lowest BCUT2D eigenvalue weighted by Gasteiger charge is -2.31. The SMILES string of the molecule is CCCOc1ccc(C(=O)[C@H](c2ccccc2)[NH+]2CCOCC2)cc1. The van der Waals surface area contributed by atoms with Crippen LogP contribution in [0, 0.1) is 0 Å². The molecule has 1 N–H and O–H groups in total. The number of carbonyl (C=O) groups is 1. The number of morpholine rings is 1. The van der Waals surface area contributed by atoms with Crippen molar-refractivity contribution in [2.24, 2.45) is 0 Å². The van der Waals surface area contributed by atoms with Crippen LogP contribution in [-0.2, 0) is 4.74 Å². The summed E-state index contributed by atoms with van der Waals surface area (Å²) in [6.45, 7) is 5.88. The lowest BCUT2D eigenvalue weighted by Crippen LogP contribution is -3.15. The zero-order valence-corrected chi connectivity index (χ0v) is 14.7. The molecular weight excluding hydrogens is 314 g/mol. The maximum atomic E-state index is 13.3. The van der Waals surface area contributed by atoms with Gasteiger partial charge in [-0.2, -0.15) is 0 Å². The van der Waals surface area contributed by atoms with E-state index in [0.29, 0.717) is 19.8 Å². The van der Waals surface area contributed by atoms with Gasteiger partial charge in [-0.05, 0) is 30.7 Å². The highest BCUT2D eigenvalue weighted by molar-refractivity contribution is 5.99. The highest BCUT2D eigenvalue weighted by atomic mass is 16.5. The molecule has 1 saturated heterocycles. The predicted molar refractivity (Wildman–Crippen MR) is 97.3 cm³/mol. The molecule has 2 aromatic carbocycles. The molecule has 0 aromatic heterocycles. The molecule has 4 nitrogen and oxygen atoms in total. The first-order valence-electron chi connectivity index (χ1n) is 9.04. The Morgan fingerprint density at radius 3 is 2.40 bits per heavy atom. The molecule has 132 valence electrons. The highest BCUT2D eigenvalue weighted by Gasteiger charge is 2.33. The molecule has 1 atom stereocenters. The Kier molecular flexibility index (Phi) is 6.20. The highest BCUT2D eigenvalue weighted by Crippen LogP contribution is 2.19. The van der Waals surface area contributed by atoms with Crippen LogP contribution in [0.15, 0.2) is 54.6 Å². The summed E-state index contributed by atoms with van der Waals surface area (Å²) in [5.41, 5.74) is 1.80. The minimum atomic E-state index is -0.187. The standard InChI is InChI=1S/C21H25NO3/c1-2-14-25-19-10-8-18(9-11-19)21(23)20(17-6-4-3-5-7-17)22-12-15-24-16-13-22/h3-11,20H,2,12-16H2,1H3/p+1/t20-/m0/s1. The molecule has 0 radical (unpaired) electrons. The predicted octanol–water partition coefficient (Wildman–Crippen LogP) is 2.31. The van der Waals surface area contributed by atoms with E-state index < -0.39 is 0 Å². The Hall–Kier alpha value is -2.17. The smallest absolute Gasteiger partial charge is 0.224 e. The lowest BCUT2D eigenvalue weighted by atomic mass is 9.95. The van der Waals surface area contributed by atoms with E-state index in [1.807, 2.05) is 54.6 Å². The minimum absolute atomic E-state index is 0.158. The number of carbonyl (C=O) groups excluding carboxylic acids is 1. The molecule has 0 spiro atoms. The van der Waals surface area contributed by atoms with E-state index in [2.05, 4.69) is 6.92 Å². The Bertz CT molecular complexity index is 663. The molecule has 3 rings (SSSR count). The molecule has 1 fully saturated rings. The van der Waals surface area contributed by atoms with Crippen LogP contribution in [0.3, 0.4) is 0 Å². The second kappa shape index (κ2) is 8.79. The van der Waals surface area contributed by atoms with Crippen molar-refractivity contribution in [1.29, 1.82) is 0 Å². The third-order valence-electron chi connectivity index (χ3n) is 4.55. The molecule has 2 aromatic rings. The van der Waals surface area contributed by atoms with Crippen molar-refractivity contribution in [2.75, 3.05) is 32.9 Å². The van der Waals surface area contributed by atoms with Gasteiger partial charge in [0.1, 0.15) is 18.8 Å². The summed E-state index contributed by atoms with van der Waals surface area (Å²) in [5.74, 6) is 0.971. The van der Waals surface area contributed by atoms with Crippen LogP contribution >= 0.6 is 0 Å². The number of Topliss-reactive ketones (excluding diaryl/α,β-unsaturated/α-hetero) is 1. The van der Waals surface area contributed by atoms with Crippen molar-refractivity contribution in [2.45, 2.75) is 19.4 Å². The molecule has 1 heterocycles. The van der Waals surface area contributed by atoms with Gasteiger partial charge in [0.25, 0.3) is 0 Å². The molecule has 25 heavy (non-hydrogen) atoms. The van der Waals surface area contributed by atoms with E-state index >= 15 is 0 Å². The van der Waals surface area contributed by atoms with Crippen LogP contribution in [0.4, 0.5) is 0 Å². The van der Waals surface area contributed by atoms with Gasteiger partial charge in [0.15, 0.2) is 6.04 Å². The van der Waals surface area contributed by atoms with Crippen LogP contribution in [0.1, 0.15) is 35.3 Å². The monoisotopic (exact) mass is 340 g/mol. The van der Waals surface area contributed by atoms with Gasteiger partial charge in [-0.3, -0.25) is 4.79 Å². The van der Waals surface area contributed by atoms with Crippen LogP contribution in [0.5, 0.6) is 5.75 Å². The second-order valence-corrected chi connectivity index (χ2v) is 6.35. The van der Waals surface area contributed by atoms with E-state index in [-0.39, 0.29) is 11.8 Å². The van der Waals surface area contributed by atoms with Gasteiger partial charge in [-0.15, -0.1) is 0 Å². The number of benzene rings is 2. The zero-order chi connectivity index (χ0) is 17.5. The van der Waals surface area contributed by atoms with Gasteiger partial charge in [0, 0.05) is 11.1 Å². The van der Waals surface area contributed by atoms with Gasteiger partial charge in [0.05, 0.1) is 19.8 Å². The van der Waals surface area contributed by atoms with Gasteiger partial charge in [-0.1, -0.05) is 37.3 Å². The number of rotatable bonds is 7. The van der Waals surface area contributed by atoms with Crippen LogP contribution in [0.2, 0.25) is 0 Å². The summed E-state index contributed by atoms with van der Waals surface area (Å²) in [6.07, 6.45) is 0.969. The first-order chi connectivity index (χ1) is 12.3. The Morgan fingerprint density at radius 2 is 1.76 bits per heavy atom. The number of hydrogen-bond donors (Lipinski definition) is 1. The van der Waals surface area contributed by atoms with Gasteiger partial charge in [0.2, 0.25) is 5.78 Å². The average molecular weight is 340 g/mol. The first kappa shape index (κ1) is 17.6. The molecule has 0 saturated carbocycles. The van der Waals surface area contributed by atoms with Crippen molar-refractivity contribution in [3.63, 3.8) is 0 Å². The minimum Gasteiger partial charge on any atom is -0.494 e. The number of ether oxygens (including phenoxy) is 2. The number of quaternary nitrogens is 1. The second-order valence-electron chi connectivity index (χ2n) is 6.35. The van der Waals surface area contributed by atoms with E-state index in [0.717, 1.165) is 36.4 Å². The number of nitrogens with one attached hydrogen (secondary N) is 1. The van der Waals surface area contributed by atoms with Gasteiger partial charge in [-0.25, -0.2) is 0 Å². The summed E-state index contributed by atoms with van der Waals surface area (Å²) in [5, 5.41) is 0. The van der Waals surface area contributed by atoms with Crippen LogP contribution in [0.25, 0.3) is 0 Å². The number of ketones is 1. The molecule has 0 amide bonds. The Balaban J connectivity index is 1.83. The average Bonchev–Trinajstić information content (AvgIpc) is 2.68. The molecule has 1 aliphatic rings. The van der Waals surface area contributed by atoms with Crippen molar-refractivity contribution in [1.82, 2.24) is 0 Å². The summed E-state index contributed by atoms with van der Waals surface area (Å²) < 4.78 is 11.1. The Labute approximate surface area is 149 Å². The quantitative estimate of drug-likeness (QED) is 0.787. The lowest BCUT2D eigenvalue weighted by molar-refractivity contribution is -0.928. The van der Waals surface area contributed by atoms with Crippen molar-refractivity contribution in [3.8, 4) is 5.75 Å². The summed E-state index contributed by atoms with van der Waals surface area (Å²) in [6, 6.07) is 17.4. The van der Waals surface area contributed by atoms with Crippen LogP contribution < -0.4 is 9.64 Å². The summed E-state index contributed by atoms with van der Waals surface area (Å²) in [7, 11) is 0. The molecule has 1 aliphatic heterocycles. The third-order valence-corrected chi connectivity index (χ3v) is 4.55. The van der Waals surface area contributed by atoms with Crippen molar-refractivity contribution in [3.05, 3.63) is 65.7 Å². The third kappa shape index (κ3) is 4.47. The molecular formula is C21H26NO3+. The summed E-state index contributed by atoms with van der Waals surface area (Å²) >= 11 is 0. The van der Waals surface area contributed by atoms with E-state index in [9.17, 15) is 4.79 Å².